The number of nitrogens with one attached hydrogen (secondary N) is 2. The minimum absolute atomic E-state index is 0.155. The van der Waals surface area contributed by atoms with Crippen molar-refractivity contribution in [2.75, 3.05) is 5.32 Å². The number of aryl methyl sites for hydroxylation is 1. The molecule has 0 aliphatic carbocycles. The van der Waals surface area contributed by atoms with Gasteiger partial charge in [0.25, 0.3) is 11.8 Å². The van der Waals surface area contributed by atoms with Crippen LogP contribution in [0.1, 0.15) is 26.6 Å². The van der Waals surface area contributed by atoms with Gasteiger partial charge in [-0.3, -0.25) is 23.7 Å². The summed E-state index contributed by atoms with van der Waals surface area (Å²) in [7, 11) is 1.57. The molecule has 0 aliphatic heterocycles. The van der Waals surface area contributed by atoms with Gasteiger partial charge in [-0.15, -0.1) is 0 Å². The van der Waals surface area contributed by atoms with Gasteiger partial charge in [-0.1, -0.05) is 0 Å². The van der Waals surface area contributed by atoms with Gasteiger partial charge in [0, 0.05) is 13.2 Å². The number of aliphatic carboxylic acids is 1. The van der Waals surface area contributed by atoms with Crippen molar-refractivity contribution in [1.29, 1.82) is 0 Å². The lowest BCUT2D eigenvalue weighted by Gasteiger charge is -2.07. The number of carbonyl (C=O) groups excluding carboxylic acids is 2. The first-order chi connectivity index (χ1) is 12.9. The lowest BCUT2D eigenvalue weighted by atomic mass is 10.3. The summed E-state index contributed by atoms with van der Waals surface area (Å²) in [5.41, 5.74) is 0.528. The van der Waals surface area contributed by atoms with Crippen LogP contribution in [0.2, 0.25) is 0 Å². The van der Waals surface area contributed by atoms with E-state index in [9.17, 15) is 14.4 Å². The molecule has 0 saturated carbocycles. The zero-order valence-corrected chi connectivity index (χ0v) is 14.2. The lowest BCUT2D eigenvalue weighted by Crippen LogP contribution is -2.26. The summed E-state index contributed by atoms with van der Waals surface area (Å²) in [4.78, 5) is 35.5. The van der Waals surface area contributed by atoms with Gasteiger partial charge in [-0.2, -0.15) is 10.2 Å². The molecule has 0 aliphatic rings. The van der Waals surface area contributed by atoms with Crippen molar-refractivity contribution < 1.29 is 23.9 Å². The Morgan fingerprint density at radius 1 is 1.22 bits per heavy atom. The number of carboxylic acids is 1. The molecule has 3 aromatic heterocycles. The van der Waals surface area contributed by atoms with Crippen molar-refractivity contribution in [1.82, 2.24) is 24.9 Å². The molecule has 0 saturated heterocycles. The van der Waals surface area contributed by atoms with E-state index < -0.39 is 17.8 Å². The van der Waals surface area contributed by atoms with E-state index in [2.05, 4.69) is 20.8 Å². The molecule has 0 unspecified atom stereocenters. The predicted molar refractivity (Wildman–Crippen MR) is 90.9 cm³/mol. The van der Waals surface area contributed by atoms with E-state index in [0.717, 1.165) is 4.68 Å². The van der Waals surface area contributed by atoms with Gasteiger partial charge >= 0.3 is 5.97 Å². The summed E-state index contributed by atoms with van der Waals surface area (Å²) in [6.07, 6.45) is 5.39. The highest BCUT2D eigenvalue weighted by molar-refractivity contribution is 6.08. The van der Waals surface area contributed by atoms with Crippen LogP contribution in [0.5, 0.6) is 0 Å². The second kappa shape index (κ2) is 7.56. The minimum atomic E-state index is -1.08. The van der Waals surface area contributed by atoms with Crippen LogP contribution in [0, 0.1) is 0 Å². The number of furan rings is 1. The summed E-state index contributed by atoms with van der Waals surface area (Å²) in [5.74, 6) is -1.47. The third kappa shape index (κ3) is 4.21. The molecule has 0 bridgehead atoms. The largest absolute Gasteiger partial charge is 0.480 e. The first-order valence-corrected chi connectivity index (χ1v) is 7.82. The van der Waals surface area contributed by atoms with Gasteiger partial charge in [0.05, 0.1) is 36.5 Å². The Bertz CT molecular complexity index is 972. The number of amides is 2. The summed E-state index contributed by atoms with van der Waals surface area (Å²) < 4.78 is 7.61. The second-order valence-electron chi connectivity index (χ2n) is 5.57. The molecule has 0 spiro atoms. The Morgan fingerprint density at radius 2 is 2.04 bits per heavy atom. The van der Waals surface area contributed by atoms with Gasteiger partial charge in [0.2, 0.25) is 0 Å². The Labute approximate surface area is 152 Å². The van der Waals surface area contributed by atoms with Crippen molar-refractivity contribution in [2.24, 2.45) is 7.05 Å². The number of carboxylic acid groups (broad SMARTS) is 1. The monoisotopic (exact) mass is 372 g/mol. The summed E-state index contributed by atoms with van der Waals surface area (Å²) in [6.45, 7) is -0.174. The van der Waals surface area contributed by atoms with Gasteiger partial charge in [0.1, 0.15) is 18.0 Å². The van der Waals surface area contributed by atoms with Gasteiger partial charge in [0.15, 0.2) is 0 Å². The molecular formula is C16H16N6O5. The van der Waals surface area contributed by atoms with Crippen LogP contribution in [0.4, 0.5) is 5.69 Å². The van der Waals surface area contributed by atoms with Gasteiger partial charge in [-0.05, 0) is 12.1 Å². The van der Waals surface area contributed by atoms with Crippen LogP contribution >= 0.6 is 0 Å². The molecule has 0 atom stereocenters. The quantitative estimate of drug-likeness (QED) is 0.547. The SMILES string of the molecule is Cn1ncc(NC(=O)c2cnn(CC(=O)O)c2)c1C(=O)NCc1ccco1. The fraction of sp³-hybridized carbons (Fsp3) is 0.188. The first-order valence-electron chi connectivity index (χ1n) is 7.82. The highest BCUT2D eigenvalue weighted by Crippen LogP contribution is 2.16. The first kappa shape index (κ1) is 17.9. The molecule has 3 aromatic rings. The molecular weight excluding hydrogens is 356 g/mol. The Kier molecular flexibility index (Phi) is 5.01. The van der Waals surface area contributed by atoms with E-state index >= 15 is 0 Å². The van der Waals surface area contributed by atoms with E-state index in [0.29, 0.717) is 5.76 Å². The Balaban J connectivity index is 1.70. The number of anilines is 1. The van der Waals surface area contributed by atoms with Crippen LogP contribution < -0.4 is 10.6 Å². The maximum Gasteiger partial charge on any atom is 0.325 e. The van der Waals surface area contributed by atoms with E-state index in [-0.39, 0.29) is 30.0 Å². The average molecular weight is 372 g/mol. The molecule has 11 nitrogen and oxygen atoms in total. The molecule has 140 valence electrons. The lowest BCUT2D eigenvalue weighted by molar-refractivity contribution is -0.137. The maximum absolute atomic E-state index is 12.4. The van der Waals surface area contributed by atoms with E-state index in [1.807, 2.05) is 0 Å². The fourth-order valence-electron chi connectivity index (χ4n) is 2.36. The topological polar surface area (TPSA) is 144 Å². The fourth-order valence-corrected chi connectivity index (χ4v) is 2.36. The third-order valence-corrected chi connectivity index (χ3v) is 3.60. The molecule has 0 fully saturated rings. The highest BCUT2D eigenvalue weighted by Gasteiger charge is 2.20. The van der Waals surface area contributed by atoms with Gasteiger partial charge < -0.3 is 20.2 Å². The van der Waals surface area contributed by atoms with E-state index in [4.69, 9.17) is 9.52 Å². The molecule has 3 rings (SSSR count). The van der Waals surface area contributed by atoms with Crippen LogP contribution in [-0.4, -0.2) is 42.5 Å². The molecule has 11 heteroatoms. The highest BCUT2D eigenvalue weighted by atomic mass is 16.4. The minimum Gasteiger partial charge on any atom is -0.480 e. The second-order valence-corrected chi connectivity index (χ2v) is 5.57. The van der Waals surface area contributed by atoms with E-state index in [1.165, 1.54) is 29.5 Å². The summed E-state index contributed by atoms with van der Waals surface area (Å²) in [5, 5.41) is 21.8. The van der Waals surface area contributed by atoms with Crippen molar-refractivity contribution in [2.45, 2.75) is 13.1 Å². The predicted octanol–water partition coefficient (Wildman–Crippen LogP) is 0.476. The maximum atomic E-state index is 12.4. The zero-order valence-electron chi connectivity index (χ0n) is 14.2. The average Bonchev–Trinajstić information content (AvgIpc) is 3.34. The van der Waals surface area contributed by atoms with Gasteiger partial charge in [-0.25, -0.2) is 0 Å². The molecule has 3 heterocycles. The molecule has 0 radical (unpaired) electrons. The smallest absolute Gasteiger partial charge is 0.325 e. The Morgan fingerprint density at radius 3 is 2.74 bits per heavy atom. The number of hydrogen-bond acceptors (Lipinski definition) is 6. The van der Waals surface area contributed by atoms with Crippen molar-refractivity contribution in [3.8, 4) is 0 Å². The third-order valence-electron chi connectivity index (χ3n) is 3.60. The van der Waals surface area contributed by atoms with Crippen molar-refractivity contribution >= 4 is 23.5 Å². The normalized spacial score (nSPS) is 10.6. The van der Waals surface area contributed by atoms with Crippen LogP contribution in [0.25, 0.3) is 0 Å². The summed E-state index contributed by atoms with van der Waals surface area (Å²) in [6, 6.07) is 3.43. The number of hydrogen-bond donors (Lipinski definition) is 3. The molecule has 2 amide bonds. The molecule has 0 aromatic carbocycles. The standard InChI is InChI=1S/C16H16N6O5/c1-21-14(16(26)17-6-11-3-2-4-27-11)12(7-18-21)20-15(25)10-5-19-22(8-10)9-13(23)24/h2-5,7-8H,6,9H2,1H3,(H,17,26)(H,20,25)(H,23,24). The number of rotatable bonds is 7. The molecule has 3 N–H and O–H groups in total. The van der Waals surface area contributed by atoms with Crippen molar-refractivity contribution in [3.05, 3.63) is 54.0 Å². The zero-order chi connectivity index (χ0) is 19.4. The Hall–Kier alpha value is -3.89. The van der Waals surface area contributed by atoms with E-state index in [1.54, 1.807) is 19.2 Å². The number of aromatic nitrogens is 4. The van der Waals surface area contributed by atoms with Crippen molar-refractivity contribution in [3.63, 3.8) is 0 Å². The van der Waals surface area contributed by atoms with Crippen LogP contribution in [0.3, 0.4) is 0 Å². The molecule has 27 heavy (non-hydrogen) atoms. The summed E-state index contributed by atoms with van der Waals surface area (Å²) >= 11 is 0. The number of nitrogens with zero attached hydrogens (tertiary/aromatic N) is 4. The van der Waals surface area contributed by atoms with Crippen LogP contribution in [0.15, 0.2) is 41.4 Å². The number of carbonyl (C=O) groups is 3. The van der Waals surface area contributed by atoms with Crippen LogP contribution in [-0.2, 0) is 24.9 Å².